The zero-order valence-electron chi connectivity index (χ0n) is 21.3. The molecule has 1 atom stereocenters. The smallest absolute Gasteiger partial charge is 0.259 e. The van der Waals surface area contributed by atoms with E-state index >= 15 is 0 Å². The number of nitrogens with one attached hydrogen (secondary N) is 1. The van der Waals surface area contributed by atoms with Gasteiger partial charge in [0.25, 0.3) is 5.91 Å². The standard InChI is InChI=1S/C31H33N3OS/c1-5-17-34-20-21(24-13-9-10-14-26(24)34)19-32-30-28(29(35)33-23-11-7-6-8-12-23)25-16-15-22(31(2,3)4)18-27(25)36-30/h5-14,19-20,22H,1,15-18H2,2-4H3,(H,33,35)/t22-/m1/s1. The van der Waals surface area contributed by atoms with E-state index in [0.29, 0.717) is 5.92 Å². The molecule has 5 heteroatoms. The first kappa shape index (κ1) is 24.3. The van der Waals surface area contributed by atoms with Gasteiger partial charge in [0.1, 0.15) is 5.00 Å². The summed E-state index contributed by atoms with van der Waals surface area (Å²) in [5.74, 6) is 0.525. The maximum atomic E-state index is 13.6. The molecule has 0 spiro atoms. The Bertz CT molecular complexity index is 1440. The van der Waals surface area contributed by atoms with Gasteiger partial charge in [-0.1, -0.05) is 63.2 Å². The van der Waals surface area contributed by atoms with Crippen LogP contribution in [-0.4, -0.2) is 16.7 Å². The van der Waals surface area contributed by atoms with Crippen LogP contribution in [0.25, 0.3) is 10.9 Å². The number of nitrogens with zero attached hydrogens (tertiary/aromatic N) is 2. The van der Waals surface area contributed by atoms with Crippen LogP contribution in [0.4, 0.5) is 10.7 Å². The molecule has 0 bridgehead atoms. The van der Waals surface area contributed by atoms with Gasteiger partial charge in [-0.25, -0.2) is 4.99 Å². The highest BCUT2D eigenvalue weighted by Gasteiger charge is 2.33. The minimum Gasteiger partial charge on any atom is -0.343 e. The van der Waals surface area contributed by atoms with Crippen LogP contribution in [0.15, 0.2) is 78.4 Å². The number of para-hydroxylation sites is 2. The lowest BCUT2D eigenvalue weighted by Crippen LogP contribution is -2.27. The number of hydrogen-bond acceptors (Lipinski definition) is 3. The molecule has 1 amide bonds. The Balaban J connectivity index is 1.55. The van der Waals surface area contributed by atoms with Crippen molar-refractivity contribution in [2.45, 2.75) is 46.6 Å². The summed E-state index contributed by atoms with van der Waals surface area (Å²) >= 11 is 1.68. The Morgan fingerprint density at radius 3 is 2.67 bits per heavy atom. The topological polar surface area (TPSA) is 46.4 Å². The van der Waals surface area contributed by atoms with Crippen molar-refractivity contribution >= 4 is 45.0 Å². The zero-order valence-corrected chi connectivity index (χ0v) is 22.1. The minimum absolute atomic E-state index is 0.0749. The number of anilines is 1. The van der Waals surface area contributed by atoms with Crippen molar-refractivity contribution in [2.75, 3.05) is 5.32 Å². The maximum absolute atomic E-state index is 13.6. The molecule has 1 N–H and O–H groups in total. The van der Waals surface area contributed by atoms with Gasteiger partial charge in [-0.05, 0) is 54.4 Å². The van der Waals surface area contributed by atoms with Crippen molar-refractivity contribution in [2.24, 2.45) is 16.3 Å². The molecule has 2 heterocycles. The van der Waals surface area contributed by atoms with Gasteiger partial charge >= 0.3 is 0 Å². The molecule has 184 valence electrons. The number of aromatic nitrogens is 1. The third kappa shape index (κ3) is 4.80. The first-order valence-electron chi connectivity index (χ1n) is 12.6. The number of benzene rings is 2. The Morgan fingerprint density at radius 1 is 1.17 bits per heavy atom. The molecule has 5 rings (SSSR count). The average molecular weight is 496 g/mol. The third-order valence-electron chi connectivity index (χ3n) is 7.20. The Hall–Kier alpha value is -3.44. The Kier molecular flexibility index (Phi) is 6.67. The van der Waals surface area contributed by atoms with Gasteiger partial charge in [0.15, 0.2) is 0 Å². The SMILES string of the molecule is C=CCn1cc(C=Nc2sc3c(c2C(=O)Nc2ccccc2)CC[C@@H](C(C)(C)C)C3)c2ccccc21. The van der Waals surface area contributed by atoms with Gasteiger partial charge in [0.05, 0.1) is 5.56 Å². The van der Waals surface area contributed by atoms with E-state index in [4.69, 9.17) is 4.99 Å². The molecule has 2 aromatic heterocycles. The zero-order chi connectivity index (χ0) is 25.3. The number of rotatable bonds is 6. The van der Waals surface area contributed by atoms with Crippen molar-refractivity contribution in [1.82, 2.24) is 4.57 Å². The van der Waals surface area contributed by atoms with Crippen LogP contribution in [0.1, 0.15) is 53.6 Å². The molecule has 0 unspecified atom stereocenters. The number of amides is 1. The molecule has 0 radical (unpaired) electrons. The van der Waals surface area contributed by atoms with E-state index in [9.17, 15) is 4.79 Å². The summed E-state index contributed by atoms with van der Waals surface area (Å²) in [7, 11) is 0. The maximum Gasteiger partial charge on any atom is 0.259 e. The summed E-state index contributed by atoms with van der Waals surface area (Å²) in [4.78, 5) is 19.8. The summed E-state index contributed by atoms with van der Waals surface area (Å²) in [6.45, 7) is 11.6. The van der Waals surface area contributed by atoms with Gasteiger partial charge in [-0.3, -0.25) is 4.79 Å². The van der Waals surface area contributed by atoms with Crippen LogP contribution in [0.2, 0.25) is 0 Å². The van der Waals surface area contributed by atoms with Crippen LogP contribution in [0, 0.1) is 11.3 Å². The molecule has 4 aromatic rings. The summed E-state index contributed by atoms with van der Waals surface area (Å²) in [6.07, 6.45) is 8.95. The van der Waals surface area contributed by atoms with Crippen molar-refractivity contribution in [3.05, 3.63) is 95.0 Å². The molecule has 0 fully saturated rings. The molecule has 2 aromatic carbocycles. The molecule has 1 aliphatic rings. The number of hydrogen-bond donors (Lipinski definition) is 1. The highest BCUT2D eigenvalue weighted by Crippen LogP contribution is 2.45. The molecule has 36 heavy (non-hydrogen) atoms. The summed E-state index contributed by atoms with van der Waals surface area (Å²) in [5, 5.41) is 5.04. The lowest BCUT2D eigenvalue weighted by atomic mass is 9.72. The number of fused-ring (bicyclic) bond motifs is 2. The van der Waals surface area contributed by atoms with E-state index in [-0.39, 0.29) is 11.3 Å². The van der Waals surface area contributed by atoms with Crippen LogP contribution in [0.5, 0.6) is 0 Å². The van der Waals surface area contributed by atoms with Crippen molar-refractivity contribution in [3.63, 3.8) is 0 Å². The highest BCUT2D eigenvalue weighted by molar-refractivity contribution is 7.16. The fourth-order valence-electron chi connectivity index (χ4n) is 5.15. The molecule has 0 saturated carbocycles. The van der Waals surface area contributed by atoms with Gasteiger partial charge in [-0.15, -0.1) is 17.9 Å². The Morgan fingerprint density at radius 2 is 1.92 bits per heavy atom. The second-order valence-electron chi connectivity index (χ2n) is 10.6. The highest BCUT2D eigenvalue weighted by atomic mass is 32.1. The normalized spacial score (nSPS) is 15.8. The predicted molar refractivity (Wildman–Crippen MR) is 153 cm³/mol. The van der Waals surface area contributed by atoms with Crippen LogP contribution in [-0.2, 0) is 19.4 Å². The van der Waals surface area contributed by atoms with E-state index < -0.39 is 0 Å². The second kappa shape index (κ2) is 9.90. The van der Waals surface area contributed by atoms with Gasteiger partial charge in [0.2, 0.25) is 0 Å². The first-order chi connectivity index (χ1) is 17.3. The van der Waals surface area contributed by atoms with Crippen molar-refractivity contribution < 1.29 is 4.79 Å². The van der Waals surface area contributed by atoms with Crippen molar-refractivity contribution in [1.29, 1.82) is 0 Å². The minimum atomic E-state index is -0.0749. The number of carbonyl (C=O) groups excluding carboxylic acids is 1. The molecular formula is C31H33N3OS. The third-order valence-corrected chi connectivity index (χ3v) is 8.36. The van der Waals surface area contributed by atoms with Crippen LogP contribution < -0.4 is 5.32 Å². The van der Waals surface area contributed by atoms with Gasteiger partial charge < -0.3 is 9.88 Å². The molecule has 0 aliphatic heterocycles. The number of aliphatic imine (C=N–C) groups is 1. The average Bonchev–Trinajstić information content (AvgIpc) is 3.40. The lowest BCUT2D eigenvalue weighted by Gasteiger charge is -2.33. The van der Waals surface area contributed by atoms with E-state index in [0.717, 1.165) is 58.5 Å². The lowest BCUT2D eigenvalue weighted by molar-refractivity contribution is 0.102. The molecule has 1 aliphatic carbocycles. The van der Waals surface area contributed by atoms with Crippen molar-refractivity contribution in [3.8, 4) is 0 Å². The first-order valence-corrected chi connectivity index (χ1v) is 13.4. The fourth-order valence-corrected chi connectivity index (χ4v) is 6.42. The summed E-state index contributed by atoms with van der Waals surface area (Å²) in [5.41, 5.74) is 5.14. The van der Waals surface area contributed by atoms with E-state index in [1.165, 1.54) is 10.4 Å². The van der Waals surface area contributed by atoms with Crippen LogP contribution >= 0.6 is 11.3 Å². The van der Waals surface area contributed by atoms with Gasteiger partial charge in [0, 0.05) is 46.0 Å². The monoisotopic (exact) mass is 495 g/mol. The second-order valence-corrected chi connectivity index (χ2v) is 11.7. The molecular weight excluding hydrogens is 462 g/mol. The quantitative estimate of drug-likeness (QED) is 0.213. The summed E-state index contributed by atoms with van der Waals surface area (Å²) in [6, 6.07) is 18.0. The van der Waals surface area contributed by atoms with Gasteiger partial charge in [-0.2, -0.15) is 0 Å². The Labute approximate surface area is 217 Å². The molecule has 4 nitrogen and oxygen atoms in total. The number of allylic oxidation sites excluding steroid dienone is 1. The summed E-state index contributed by atoms with van der Waals surface area (Å²) < 4.78 is 2.18. The number of carbonyl (C=O) groups is 1. The van der Waals surface area contributed by atoms with E-state index in [2.05, 4.69) is 55.6 Å². The molecule has 0 saturated heterocycles. The predicted octanol–water partition coefficient (Wildman–Crippen LogP) is 8.04. The fraction of sp³-hybridized carbons (Fsp3) is 0.290. The van der Waals surface area contributed by atoms with Crippen LogP contribution in [0.3, 0.4) is 0 Å². The van der Waals surface area contributed by atoms with E-state index in [1.54, 1.807) is 11.3 Å². The largest absolute Gasteiger partial charge is 0.343 e. The number of thiophene rings is 1. The van der Waals surface area contributed by atoms with E-state index in [1.807, 2.05) is 54.8 Å².